The molecule has 1 saturated heterocycles. The maximum absolute atomic E-state index is 12.7. The van der Waals surface area contributed by atoms with Crippen molar-refractivity contribution in [2.75, 3.05) is 18.0 Å². The molecule has 1 fully saturated rings. The van der Waals surface area contributed by atoms with Gasteiger partial charge < -0.3 is 19.4 Å². The summed E-state index contributed by atoms with van der Waals surface area (Å²) in [6.45, 7) is 6.27. The van der Waals surface area contributed by atoms with Crippen molar-refractivity contribution >= 4 is 22.6 Å². The first-order valence-electron chi connectivity index (χ1n) is 9.91. The highest BCUT2D eigenvalue weighted by Gasteiger charge is 2.33. The number of piperazine rings is 1. The molecular formula is C23H24N2O3. The Bertz CT molecular complexity index is 998. The summed E-state index contributed by atoms with van der Waals surface area (Å²) < 4.78 is 11.7. The normalized spacial score (nSPS) is 24.9. The van der Waals surface area contributed by atoms with Gasteiger partial charge in [-0.1, -0.05) is 24.3 Å². The van der Waals surface area contributed by atoms with Gasteiger partial charge in [0.1, 0.15) is 23.0 Å². The van der Waals surface area contributed by atoms with Gasteiger partial charge in [-0.05, 0) is 44.0 Å². The van der Waals surface area contributed by atoms with E-state index in [1.165, 1.54) is 0 Å². The number of anilines is 1. The molecule has 28 heavy (non-hydrogen) atoms. The van der Waals surface area contributed by atoms with Crippen molar-refractivity contribution in [3.63, 3.8) is 0 Å². The fourth-order valence-electron chi connectivity index (χ4n) is 4.41. The number of hydrogen-bond acceptors (Lipinski definition) is 5. The van der Waals surface area contributed by atoms with Crippen LogP contribution in [0.1, 0.15) is 31.1 Å². The van der Waals surface area contributed by atoms with E-state index >= 15 is 0 Å². The summed E-state index contributed by atoms with van der Waals surface area (Å²) in [4.78, 5) is 15.1. The minimum atomic E-state index is -0.398. The van der Waals surface area contributed by atoms with Crippen LogP contribution in [0.5, 0.6) is 5.75 Å². The Labute approximate surface area is 164 Å². The second-order valence-electron chi connectivity index (χ2n) is 8.03. The standard InChI is InChI=1S/C23H24N2O3/c1-14-12-25(13-15(2)24-14)18-8-7-17-9-19(23(26)28-21(17)11-18)22-10-16-5-3-4-6-20(16)27-22/h3-8,10-11,14-15,19,24H,9,12-13H2,1-2H3/t14-,15+,19?. The molecule has 5 rings (SSSR count). The number of benzene rings is 2. The third-order valence-electron chi connectivity index (χ3n) is 5.68. The van der Waals surface area contributed by atoms with Crippen LogP contribution >= 0.6 is 0 Å². The van der Waals surface area contributed by atoms with Crippen molar-refractivity contribution in [1.82, 2.24) is 5.32 Å². The molecule has 1 aromatic heterocycles. The lowest BCUT2D eigenvalue weighted by molar-refractivity contribution is -0.137. The van der Waals surface area contributed by atoms with Crippen LogP contribution in [0.15, 0.2) is 52.9 Å². The first-order valence-corrected chi connectivity index (χ1v) is 9.91. The van der Waals surface area contributed by atoms with Gasteiger partial charge in [-0.15, -0.1) is 0 Å². The summed E-state index contributed by atoms with van der Waals surface area (Å²) in [7, 11) is 0. The van der Waals surface area contributed by atoms with Gasteiger partial charge in [-0.2, -0.15) is 0 Å². The molecule has 0 radical (unpaired) electrons. The van der Waals surface area contributed by atoms with Crippen LogP contribution in [-0.2, 0) is 11.2 Å². The molecule has 3 atom stereocenters. The van der Waals surface area contributed by atoms with Gasteiger partial charge in [-0.25, -0.2) is 0 Å². The van der Waals surface area contributed by atoms with Crippen LogP contribution in [0.25, 0.3) is 11.0 Å². The molecule has 5 heteroatoms. The molecule has 2 aromatic carbocycles. The van der Waals surface area contributed by atoms with Crippen LogP contribution in [0.3, 0.4) is 0 Å². The largest absolute Gasteiger partial charge is 0.460 e. The SMILES string of the molecule is C[C@@H]1CN(c2ccc3c(c2)OC(=O)C(c2cc4ccccc4o2)C3)C[C@H](C)N1. The van der Waals surface area contributed by atoms with Crippen LogP contribution in [0.4, 0.5) is 5.69 Å². The van der Waals surface area contributed by atoms with Crippen LogP contribution in [-0.4, -0.2) is 31.1 Å². The highest BCUT2D eigenvalue weighted by Crippen LogP contribution is 2.37. The number of nitrogens with zero attached hydrogens (tertiary/aromatic N) is 1. The monoisotopic (exact) mass is 376 g/mol. The van der Waals surface area contributed by atoms with E-state index in [1.54, 1.807) is 0 Å². The van der Waals surface area contributed by atoms with E-state index in [9.17, 15) is 4.79 Å². The van der Waals surface area contributed by atoms with E-state index in [4.69, 9.17) is 9.15 Å². The molecule has 0 aliphatic carbocycles. The number of nitrogens with one attached hydrogen (secondary N) is 1. The zero-order valence-corrected chi connectivity index (χ0v) is 16.1. The summed E-state index contributed by atoms with van der Waals surface area (Å²) in [6, 6.07) is 16.9. The third-order valence-corrected chi connectivity index (χ3v) is 5.68. The van der Waals surface area contributed by atoms with E-state index in [1.807, 2.05) is 36.4 Å². The summed E-state index contributed by atoms with van der Waals surface area (Å²) in [5.74, 6) is 0.704. The Kier molecular flexibility index (Phi) is 4.13. The summed E-state index contributed by atoms with van der Waals surface area (Å²) >= 11 is 0. The Balaban J connectivity index is 1.42. The molecule has 0 spiro atoms. The molecule has 3 heterocycles. The van der Waals surface area contributed by atoms with Gasteiger partial charge in [0.05, 0.1) is 0 Å². The first kappa shape index (κ1) is 17.3. The number of rotatable bonds is 2. The summed E-state index contributed by atoms with van der Waals surface area (Å²) in [6.07, 6.45) is 0.600. The van der Waals surface area contributed by atoms with E-state index in [-0.39, 0.29) is 5.97 Å². The molecule has 1 N–H and O–H groups in total. The number of carbonyl (C=O) groups excluding carboxylic acids is 1. The molecule has 2 aliphatic rings. The molecule has 0 saturated carbocycles. The number of hydrogen-bond donors (Lipinski definition) is 1. The molecule has 0 bridgehead atoms. The van der Waals surface area contributed by atoms with Gasteiger partial charge in [0, 0.05) is 42.3 Å². The van der Waals surface area contributed by atoms with Gasteiger partial charge in [0.25, 0.3) is 0 Å². The Morgan fingerprint density at radius 2 is 1.82 bits per heavy atom. The second kappa shape index (κ2) is 6.67. The summed E-state index contributed by atoms with van der Waals surface area (Å²) in [5, 5.41) is 4.55. The number of esters is 1. The van der Waals surface area contributed by atoms with E-state index in [0.717, 1.165) is 35.3 Å². The van der Waals surface area contributed by atoms with Crippen molar-refractivity contribution in [1.29, 1.82) is 0 Å². The minimum absolute atomic E-state index is 0.245. The third kappa shape index (κ3) is 3.06. The van der Waals surface area contributed by atoms with Crippen molar-refractivity contribution in [3.8, 4) is 5.75 Å². The highest BCUT2D eigenvalue weighted by molar-refractivity contribution is 5.85. The van der Waals surface area contributed by atoms with Gasteiger partial charge in [0.15, 0.2) is 0 Å². The Morgan fingerprint density at radius 3 is 2.61 bits per heavy atom. The number of para-hydroxylation sites is 1. The maximum atomic E-state index is 12.7. The zero-order valence-electron chi connectivity index (χ0n) is 16.1. The van der Waals surface area contributed by atoms with Crippen molar-refractivity contribution in [2.45, 2.75) is 38.3 Å². The number of fused-ring (bicyclic) bond motifs is 2. The van der Waals surface area contributed by atoms with E-state index in [0.29, 0.717) is 30.0 Å². The molecule has 144 valence electrons. The smallest absolute Gasteiger partial charge is 0.322 e. The Hall–Kier alpha value is -2.79. The van der Waals surface area contributed by atoms with Crippen molar-refractivity contribution in [2.24, 2.45) is 0 Å². The first-order chi connectivity index (χ1) is 13.6. The minimum Gasteiger partial charge on any atom is -0.460 e. The number of furan rings is 1. The quantitative estimate of drug-likeness (QED) is 0.544. The van der Waals surface area contributed by atoms with Crippen LogP contribution < -0.4 is 15.0 Å². The predicted molar refractivity (Wildman–Crippen MR) is 109 cm³/mol. The van der Waals surface area contributed by atoms with Gasteiger partial charge in [0.2, 0.25) is 0 Å². The fourth-order valence-corrected chi connectivity index (χ4v) is 4.41. The van der Waals surface area contributed by atoms with E-state index < -0.39 is 5.92 Å². The van der Waals surface area contributed by atoms with Gasteiger partial charge in [-0.3, -0.25) is 4.79 Å². The average Bonchev–Trinajstić information content (AvgIpc) is 3.10. The lowest BCUT2D eigenvalue weighted by atomic mass is 9.93. The maximum Gasteiger partial charge on any atom is 0.322 e. The molecule has 0 amide bonds. The number of ether oxygens (including phenoxy) is 1. The van der Waals surface area contributed by atoms with E-state index in [2.05, 4.69) is 36.2 Å². The van der Waals surface area contributed by atoms with Crippen LogP contribution in [0.2, 0.25) is 0 Å². The summed E-state index contributed by atoms with van der Waals surface area (Å²) in [5.41, 5.74) is 2.95. The van der Waals surface area contributed by atoms with Crippen molar-refractivity contribution in [3.05, 3.63) is 59.9 Å². The fraction of sp³-hybridized carbons (Fsp3) is 0.348. The molecule has 3 aromatic rings. The lowest BCUT2D eigenvalue weighted by Crippen LogP contribution is -2.54. The van der Waals surface area contributed by atoms with Crippen molar-refractivity contribution < 1.29 is 13.9 Å². The second-order valence-corrected chi connectivity index (χ2v) is 8.03. The average molecular weight is 376 g/mol. The van der Waals surface area contributed by atoms with Gasteiger partial charge >= 0.3 is 5.97 Å². The molecule has 2 aliphatic heterocycles. The molecule has 5 nitrogen and oxygen atoms in total. The Morgan fingerprint density at radius 1 is 1.04 bits per heavy atom. The topological polar surface area (TPSA) is 54.7 Å². The molecular weight excluding hydrogens is 352 g/mol. The lowest BCUT2D eigenvalue weighted by Gasteiger charge is -2.38. The highest BCUT2D eigenvalue weighted by atomic mass is 16.5. The number of carbonyl (C=O) groups is 1. The zero-order chi connectivity index (χ0) is 19.3. The molecule has 1 unspecified atom stereocenters. The van der Waals surface area contributed by atoms with Crippen LogP contribution in [0, 0.1) is 0 Å². The predicted octanol–water partition coefficient (Wildman–Crippen LogP) is 3.86.